The Hall–Kier alpha value is -1.41. The van der Waals surface area contributed by atoms with Crippen LogP contribution in [0.2, 0.25) is 0 Å². The summed E-state index contributed by atoms with van der Waals surface area (Å²) in [5.41, 5.74) is 4.98. The smallest absolute Gasteiger partial charge is 0.305 e. The lowest BCUT2D eigenvalue weighted by atomic mass is 10.1. The van der Waals surface area contributed by atoms with Crippen molar-refractivity contribution in [3.63, 3.8) is 0 Å². The second-order valence-electron chi connectivity index (χ2n) is 5.01. The number of hydrogen-bond donors (Lipinski definition) is 0. The summed E-state index contributed by atoms with van der Waals surface area (Å²) >= 11 is 0. The van der Waals surface area contributed by atoms with Crippen molar-refractivity contribution in [1.82, 2.24) is 0 Å². The summed E-state index contributed by atoms with van der Waals surface area (Å²) in [6, 6.07) is 14.2. The molecule has 0 atom stereocenters. The van der Waals surface area contributed by atoms with E-state index in [9.17, 15) is 4.57 Å². The van der Waals surface area contributed by atoms with Crippen LogP contribution in [0.15, 0.2) is 42.5 Å². The molecule has 0 heterocycles. The van der Waals surface area contributed by atoms with E-state index in [0.717, 1.165) is 6.42 Å². The van der Waals surface area contributed by atoms with Crippen molar-refractivity contribution in [3.8, 4) is 11.1 Å². The molecule has 4 heteroatoms. The van der Waals surface area contributed by atoms with Gasteiger partial charge >= 0.3 is 7.60 Å². The first-order chi connectivity index (χ1) is 10.2. The highest BCUT2D eigenvalue weighted by molar-refractivity contribution is 7.62. The second-order valence-corrected chi connectivity index (χ2v) is 7.04. The van der Waals surface area contributed by atoms with Crippen molar-refractivity contribution in [1.29, 1.82) is 0 Å². The van der Waals surface area contributed by atoms with Crippen molar-refractivity contribution in [3.05, 3.63) is 53.6 Å². The predicted octanol–water partition coefficient (Wildman–Crippen LogP) is 4.15. The van der Waals surface area contributed by atoms with Crippen LogP contribution in [0, 0.1) is 0 Å². The van der Waals surface area contributed by atoms with Gasteiger partial charge in [-0.1, -0.05) is 30.3 Å². The standard InChI is InChI=1S/C17H19O3P/c1-3-19-21(18,20-4-2)15-9-10-17-14(12-15)11-13-7-5-6-8-16(13)17/h5-10,12H,3-4,11H2,1-2H3. The summed E-state index contributed by atoms with van der Waals surface area (Å²) in [7, 11) is -3.20. The molecule has 0 aromatic heterocycles. The molecular weight excluding hydrogens is 283 g/mol. The normalized spacial score (nSPS) is 13.0. The highest BCUT2D eigenvalue weighted by atomic mass is 31.2. The predicted molar refractivity (Wildman–Crippen MR) is 85.2 cm³/mol. The Bertz CT molecular complexity index is 699. The van der Waals surface area contributed by atoms with Crippen LogP contribution in [0.5, 0.6) is 0 Å². The minimum atomic E-state index is -3.20. The Morgan fingerprint density at radius 2 is 1.62 bits per heavy atom. The number of fused-ring (bicyclic) bond motifs is 3. The van der Waals surface area contributed by atoms with E-state index in [-0.39, 0.29) is 0 Å². The van der Waals surface area contributed by atoms with E-state index in [4.69, 9.17) is 9.05 Å². The van der Waals surface area contributed by atoms with Gasteiger partial charge in [-0.15, -0.1) is 0 Å². The fraction of sp³-hybridized carbons (Fsp3) is 0.294. The molecule has 1 aliphatic carbocycles. The maximum Gasteiger partial charge on any atom is 0.361 e. The van der Waals surface area contributed by atoms with Gasteiger partial charge in [-0.05, 0) is 54.7 Å². The molecule has 21 heavy (non-hydrogen) atoms. The average molecular weight is 302 g/mol. The molecule has 0 saturated carbocycles. The third-order valence-corrected chi connectivity index (χ3v) is 5.80. The Morgan fingerprint density at radius 3 is 2.33 bits per heavy atom. The van der Waals surface area contributed by atoms with Crippen LogP contribution in [-0.2, 0) is 20.0 Å². The zero-order chi connectivity index (χ0) is 14.9. The summed E-state index contributed by atoms with van der Waals surface area (Å²) in [6.45, 7) is 4.40. The van der Waals surface area contributed by atoms with Gasteiger partial charge in [0.2, 0.25) is 0 Å². The zero-order valence-electron chi connectivity index (χ0n) is 12.3. The lowest BCUT2D eigenvalue weighted by Gasteiger charge is -2.18. The maximum atomic E-state index is 12.8. The van der Waals surface area contributed by atoms with Gasteiger partial charge in [0.15, 0.2) is 0 Å². The van der Waals surface area contributed by atoms with Crippen LogP contribution < -0.4 is 5.30 Å². The third kappa shape index (κ3) is 2.57. The molecule has 0 amide bonds. The Balaban J connectivity index is 2.02. The molecule has 0 aliphatic heterocycles. The van der Waals surface area contributed by atoms with Gasteiger partial charge in [0.05, 0.1) is 18.5 Å². The molecular formula is C17H19O3P. The minimum absolute atomic E-state index is 0.370. The van der Waals surface area contributed by atoms with Gasteiger partial charge in [0.25, 0.3) is 0 Å². The monoisotopic (exact) mass is 302 g/mol. The largest absolute Gasteiger partial charge is 0.361 e. The molecule has 3 rings (SSSR count). The van der Waals surface area contributed by atoms with E-state index in [1.807, 2.05) is 38.1 Å². The van der Waals surface area contributed by atoms with E-state index in [1.54, 1.807) is 0 Å². The van der Waals surface area contributed by atoms with Crippen molar-refractivity contribution in [2.75, 3.05) is 13.2 Å². The molecule has 0 radical (unpaired) electrons. The Morgan fingerprint density at radius 1 is 0.952 bits per heavy atom. The summed E-state index contributed by atoms with van der Waals surface area (Å²) in [6.07, 6.45) is 0.873. The quantitative estimate of drug-likeness (QED) is 0.664. The first kappa shape index (κ1) is 14.5. The fourth-order valence-electron chi connectivity index (χ4n) is 2.83. The van der Waals surface area contributed by atoms with Gasteiger partial charge in [-0.2, -0.15) is 0 Å². The minimum Gasteiger partial charge on any atom is -0.305 e. The summed E-state index contributed by atoms with van der Waals surface area (Å²) in [5.74, 6) is 0. The van der Waals surface area contributed by atoms with Crippen molar-refractivity contribution >= 4 is 12.9 Å². The van der Waals surface area contributed by atoms with Gasteiger partial charge in [0, 0.05) is 0 Å². The summed E-state index contributed by atoms with van der Waals surface area (Å²) in [5, 5.41) is 0.651. The van der Waals surface area contributed by atoms with Crippen molar-refractivity contribution < 1.29 is 13.6 Å². The van der Waals surface area contributed by atoms with E-state index in [0.29, 0.717) is 18.5 Å². The maximum absolute atomic E-state index is 12.8. The molecule has 2 aromatic carbocycles. The average Bonchev–Trinajstić information content (AvgIpc) is 2.85. The topological polar surface area (TPSA) is 35.5 Å². The molecule has 1 aliphatic rings. The van der Waals surface area contributed by atoms with Crippen LogP contribution in [0.25, 0.3) is 11.1 Å². The molecule has 0 fully saturated rings. The van der Waals surface area contributed by atoms with Crippen LogP contribution in [0.1, 0.15) is 25.0 Å². The van der Waals surface area contributed by atoms with E-state index >= 15 is 0 Å². The molecule has 110 valence electrons. The van der Waals surface area contributed by atoms with Gasteiger partial charge in [-0.25, -0.2) is 0 Å². The SMILES string of the molecule is CCOP(=O)(OCC)c1ccc2c(c1)Cc1ccccc1-2. The number of hydrogen-bond acceptors (Lipinski definition) is 3. The van der Waals surface area contributed by atoms with E-state index < -0.39 is 7.60 Å². The molecule has 0 spiro atoms. The van der Waals surface area contributed by atoms with E-state index in [1.165, 1.54) is 22.3 Å². The van der Waals surface area contributed by atoms with Crippen molar-refractivity contribution in [2.24, 2.45) is 0 Å². The lowest BCUT2D eigenvalue weighted by molar-refractivity contribution is 0.230. The molecule has 2 aromatic rings. The fourth-order valence-corrected chi connectivity index (χ4v) is 4.45. The molecule has 0 bridgehead atoms. The van der Waals surface area contributed by atoms with Crippen LogP contribution in [-0.4, -0.2) is 13.2 Å². The highest BCUT2D eigenvalue weighted by Crippen LogP contribution is 2.48. The molecule has 3 nitrogen and oxygen atoms in total. The summed E-state index contributed by atoms with van der Waals surface area (Å²) in [4.78, 5) is 0. The van der Waals surface area contributed by atoms with Crippen LogP contribution in [0.4, 0.5) is 0 Å². The zero-order valence-corrected chi connectivity index (χ0v) is 13.2. The molecule has 0 saturated heterocycles. The highest BCUT2D eigenvalue weighted by Gasteiger charge is 2.29. The third-order valence-electron chi connectivity index (χ3n) is 3.69. The van der Waals surface area contributed by atoms with Gasteiger partial charge in [0.1, 0.15) is 0 Å². The first-order valence-corrected chi connectivity index (χ1v) is 8.83. The van der Waals surface area contributed by atoms with Gasteiger partial charge < -0.3 is 9.05 Å². The van der Waals surface area contributed by atoms with Crippen LogP contribution >= 0.6 is 7.60 Å². The Labute approximate surface area is 125 Å². The van der Waals surface area contributed by atoms with Crippen LogP contribution in [0.3, 0.4) is 0 Å². The second kappa shape index (κ2) is 5.76. The lowest BCUT2D eigenvalue weighted by Crippen LogP contribution is -2.11. The molecule has 0 N–H and O–H groups in total. The number of benzene rings is 2. The number of rotatable bonds is 5. The van der Waals surface area contributed by atoms with E-state index in [2.05, 4.69) is 18.2 Å². The molecule has 0 unspecified atom stereocenters. The van der Waals surface area contributed by atoms with Gasteiger partial charge in [-0.3, -0.25) is 4.57 Å². The Kier molecular flexibility index (Phi) is 3.99. The summed E-state index contributed by atoms with van der Waals surface area (Å²) < 4.78 is 23.7. The van der Waals surface area contributed by atoms with Crippen molar-refractivity contribution in [2.45, 2.75) is 20.3 Å². The first-order valence-electron chi connectivity index (χ1n) is 7.29.